The maximum atomic E-state index is 10.9. The van der Waals surface area contributed by atoms with E-state index in [0.717, 1.165) is 33.0 Å². The number of benzene rings is 4. The number of aromatic hydroxyl groups is 1. The zero-order chi connectivity index (χ0) is 16.5. The summed E-state index contributed by atoms with van der Waals surface area (Å²) < 4.78 is 0. The van der Waals surface area contributed by atoms with Crippen molar-refractivity contribution < 1.29 is 5.11 Å². The molecule has 0 spiro atoms. The minimum atomic E-state index is 0.138. The van der Waals surface area contributed by atoms with Gasteiger partial charge in [0.1, 0.15) is 5.75 Å². The molecule has 2 heteroatoms. The van der Waals surface area contributed by atoms with Crippen molar-refractivity contribution in [1.29, 1.82) is 0 Å². The maximum Gasteiger partial charge on any atom is 0.147 e. The molecule has 0 aliphatic carbocycles. The number of nitrogens with two attached hydrogens (primary N) is 1. The molecule has 4 aromatic rings. The van der Waals surface area contributed by atoms with Crippen LogP contribution in [0.25, 0.3) is 33.0 Å². The van der Waals surface area contributed by atoms with Crippen LogP contribution in [-0.2, 0) is 0 Å². The van der Waals surface area contributed by atoms with Gasteiger partial charge in [-0.25, -0.2) is 0 Å². The van der Waals surface area contributed by atoms with Crippen LogP contribution < -0.4 is 5.73 Å². The molecule has 116 valence electrons. The molecular formula is C22H17NO. The highest BCUT2D eigenvalue weighted by atomic mass is 16.3. The minimum absolute atomic E-state index is 0.138. The third-order valence-corrected chi connectivity index (χ3v) is 4.35. The number of hydrogen-bond acceptors (Lipinski definition) is 2. The highest BCUT2D eigenvalue weighted by Crippen LogP contribution is 2.47. The van der Waals surface area contributed by atoms with E-state index in [1.165, 1.54) is 0 Å². The number of fused-ring (bicyclic) bond motifs is 1. The van der Waals surface area contributed by atoms with E-state index in [2.05, 4.69) is 6.07 Å². The fourth-order valence-electron chi connectivity index (χ4n) is 3.26. The Kier molecular flexibility index (Phi) is 3.43. The number of anilines is 1. The Morgan fingerprint density at radius 2 is 0.958 bits per heavy atom. The molecule has 3 N–H and O–H groups in total. The minimum Gasteiger partial charge on any atom is -0.505 e. The van der Waals surface area contributed by atoms with Gasteiger partial charge in [-0.3, -0.25) is 0 Å². The molecule has 0 amide bonds. The van der Waals surface area contributed by atoms with E-state index in [0.29, 0.717) is 5.69 Å². The van der Waals surface area contributed by atoms with Gasteiger partial charge in [0, 0.05) is 11.1 Å². The Morgan fingerprint density at radius 3 is 1.50 bits per heavy atom. The van der Waals surface area contributed by atoms with Crippen molar-refractivity contribution in [3.63, 3.8) is 0 Å². The summed E-state index contributed by atoms with van der Waals surface area (Å²) in [5.41, 5.74) is 10.4. The molecule has 2 nitrogen and oxygen atoms in total. The zero-order valence-corrected chi connectivity index (χ0v) is 13.1. The van der Waals surface area contributed by atoms with Gasteiger partial charge < -0.3 is 10.8 Å². The van der Waals surface area contributed by atoms with Gasteiger partial charge in [-0.05, 0) is 21.9 Å². The number of phenols is 1. The number of phenolic OH excluding ortho intramolecular Hbond substituents is 1. The van der Waals surface area contributed by atoms with Gasteiger partial charge in [0.05, 0.1) is 5.69 Å². The van der Waals surface area contributed by atoms with Crippen molar-refractivity contribution in [3.05, 3.63) is 84.9 Å². The fourth-order valence-corrected chi connectivity index (χ4v) is 3.26. The number of hydrogen-bond donors (Lipinski definition) is 2. The quantitative estimate of drug-likeness (QED) is 0.381. The lowest BCUT2D eigenvalue weighted by molar-refractivity contribution is 0.481. The molecule has 0 heterocycles. The highest BCUT2D eigenvalue weighted by Gasteiger charge is 2.18. The first-order chi connectivity index (χ1) is 11.8. The van der Waals surface area contributed by atoms with Crippen LogP contribution in [0.3, 0.4) is 0 Å². The fraction of sp³-hybridized carbons (Fsp3) is 0. The predicted molar refractivity (Wildman–Crippen MR) is 101 cm³/mol. The van der Waals surface area contributed by atoms with Crippen molar-refractivity contribution >= 4 is 16.5 Å². The zero-order valence-electron chi connectivity index (χ0n) is 13.1. The van der Waals surface area contributed by atoms with Gasteiger partial charge in [0.2, 0.25) is 0 Å². The molecule has 0 aliphatic heterocycles. The predicted octanol–water partition coefficient (Wildman–Crippen LogP) is 5.46. The van der Waals surface area contributed by atoms with Gasteiger partial charge in [0.25, 0.3) is 0 Å². The van der Waals surface area contributed by atoms with E-state index in [1.54, 1.807) is 0 Å². The smallest absolute Gasteiger partial charge is 0.147 e. The molecule has 0 atom stereocenters. The van der Waals surface area contributed by atoms with Crippen LogP contribution in [-0.4, -0.2) is 5.11 Å². The lowest BCUT2D eigenvalue weighted by Gasteiger charge is -2.17. The average Bonchev–Trinajstić information content (AvgIpc) is 2.64. The summed E-state index contributed by atoms with van der Waals surface area (Å²) in [6.07, 6.45) is 0. The maximum absolute atomic E-state index is 10.9. The normalized spacial score (nSPS) is 10.8. The van der Waals surface area contributed by atoms with Crippen molar-refractivity contribution in [1.82, 2.24) is 0 Å². The van der Waals surface area contributed by atoms with Crippen LogP contribution in [0.4, 0.5) is 5.69 Å². The summed E-state index contributed by atoms with van der Waals surface area (Å²) in [6.45, 7) is 0. The van der Waals surface area contributed by atoms with E-state index in [1.807, 2.05) is 78.9 Å². The monoisotopic (exact) mass is 311 g/mol. The molecular weight excluding hydrogens is 294 g/mol. The molecule has 0 fully saturated rings. The summed E-state index contributed by atoms with van der Waals surface area (Å²) in [4.78, 5) is 0. The lowest BCUT2D eigenvalue weighted by Crippen LogP contribution is -1.95. The second-order valence-corrected chi connectivity index (χ2v) is 5.79. The Labute approximate surface area is 140 Å². The van der Waals surface area contributed by atoms with Gasteiger partial charge in [0.15, 0.2) is 0 Å². The van der Waals surface area contributed by atoms with E-state index < -0.39 is 0 Å². The second-order valence-electron chi connectivity index (χ2n) is 5.79. The SMILES string of the molecule is Nc1c(O)c(-c2ccccc2)c2ccccc2c1-c1ccccc1. The van der Waals surface area contributed by atoms with Crippen molar-refractivity contribution in [2.24, 2.45) is 0 Å². The van der Waals surface area contributed by atoms with Crippen LogP contribution in [0.15, 0.2) is 84.9 Å². The molecule has 0 aromatic heterocycles. The Morgan fingerprint density at radius 1 is 0.542 bits per heavy atom. The highest BCUT2D eigenvalue weighted by molar-refractivity contribution is 6.12. The molecule has 0 radical (unpaired) electrons. The van der Waals surface area contributed by atoms with Crippen LogP contribution in [0.5, 0.6) is 5.75 Å². The summed E-state index contributed by atoms with van der Waals surface area (Å²) in [7, 11) is 0. The number of nitrogen functional groups attached to an aromatic ring is 1. The average molecular weight is 311 g/mol. The van der Waals surface area contributed by atoms with E-state index in [-0.39, 0.29) is 5.75 Å². The first-order valence-corrected chi connectivity index (χ1v) is 7.91. The third-order valence-electron chi connectivity index (χ3n) is 4.35. The van der Waals surface area contributed by atoms with Crippen molar-refractivity contribution in [2.45, 2.75) is 0 Å². The molecule has 4 aromatic carbocycles. The lowest BCUT2D eigenvalue weighted by atomic mass is 9.89. The van der Waals surface area contributed by atoms with Gasteiger partial charge >= 0.3 is 0 Å². The van der Waals surface area contributed by atoms with E-state index in [9.17, 15) is 5.11 Å². The Bertz CT molecular complexity index is 924. The first kappa shape index (κ1) is 14.3. The van der Waals surface area contributed by atoms with Crippen LogP contribution in [0.2, 0.25) is 0 Å². The van der Waals surface area contributed by atoms with Gasteiger partial charge in [-0.15, -0.1) is 0 Å². The van der Waals surface area contributed by atoms with Crippen LogP contribution >= 0.6 is 0 Å². The largest absolute Gasteiger partial charge is 0.505 e. The topological polar surface area (TPSA) is 46.2 Å². The molecule has 24 heavy (non-hydrogen) atoms. The third kappa shape index (κ3) is 2.20. The van der Waals surface area contributed by atoms with Crippen molar-refractivity contribution in [2.75, 3.05) is 5.73 Å². The molecule has 0 unspecified atom stereocenters. The van der Waals surface area contributed by atoms with Crippen LogP contribution in [0.1, 0.15) is 0 Å². The molecule has 0 saturated carbocycles. The van der Waals surface area contributed by atoms with E-state index >= 15 is 0 Å². The van der Waals surface area contributed by atoms with E-state index in [4.69, 9.17) is 5.73 Å². The van der Waals surface area contributed by atoms with Crippen molar-refractivity contribution in [3.8, 4) is 28.0 Å². The standard InChI is InChI=1S/C22H17NO/c23-21-19(15-9-3-1-4-10-15)17-13-7-8-14-18(17)20(22(21)24)16-11-5-2-6-12-16/h1-14,24H,23H2. The summed E-state index contributed by atoms with van der Waals surface area (Å²) in [5.74, 6) is 0.138. The Balaban J connectivity index is 2.14. The molecule has 0 bridgehead atoms. The number of rotatable bonds is 2. The van der Waals surface area contributed by atoms with Gasteiger partial charge in [-0.2, -0.15) is 0 Å². The molecule has 0 saturated heterocycles. The molecule has 0 aliphatic rings. The summed E-state index contributed by atoms with van der Waals surface area (Å²) >= 11 is 0. The Hall–Kier alpha value is -3.26. The first-order valence-electron chi connectivity index (χ1n) is 7.91. The summed E-state index contributed by atoms with van der Waals surface area (Å²) in [5, 5.41) is 12.9. The molecule has 4 rings (SSSR count). The summed E-state index contributed by atoms with van der Waals surface area (Å²) in [6, 6.07) is 27.9. The second kappa shape index (κ2) is 5.74. The van der Waals surface area contributed by atoms with Gasteiger partial charge in [-0.1, -0.05) is 84.9 Å². The van der Waals surface area contributed by atoms with Crippen LogP contribution in [0, 0.1) is 0 Å².